The summed E-state index contributed by atoms with van der Waals surface area (Å²) in [7, 11) is 0. The lowest BCUT2D eigenvalue weighted by atomic mass is 10.3. The topological polar surface area (TPSA) is 32.3 Å². The van der Waals surface area contributed by atoms with Gasteiger partial charge in [-0.25, -0.2) is 0 Å². The van der Waals surface area contributed by atoms with E-state index in [4.69, 9.17) is 0 Å². The van der Waals surface area contributed by atoms with E-state index in [0.29, 0.717) is 0 Å². The Bertz CT molecular complexity index is 150. The SMILES string of the molecule is CC(=O)N(F)CC1CSCN1. The van der Waals surface area contributed by atoms with Gasteiger partial charge in [0.2, 0.25) is 5.91 Å². The Morgan fingerprint density at radius 1 is 1.91 bits per heavy atom. The van der Waals surface area contributed by atoms with Crippen molar-refractivity contribution in [3.8, 4) is 0 Å². The summed E-state index contributed by atoms with van der Waals surface area (Å²) < 4.78 is 12.6. The minimum Gasteiger partial charge on any atom is -0.302 e. The molecule has 1 rings (SSSR count). The Balaban J connectivity index is 2.23. The van der Waals surface area contributed by atoms with Crippen molar-refractivity contribution < 1.29 is 9.28 Å². The molecule has 1 amide bonds. The molecule has 0 aliphatic carbocycles. The van der Waals surface area contributed by atoms with Crippen LogP contribution in [-0.2, 0) is 4.79 Å². The summed E-state index contributed by atoms with van der Waals surface area (Å²) >= 11 is 1.72. The maximum Gasteiger partial charge on any atom is 0.247 e. The molecule has 1 atom stereocenters. The van der Waals surface area contributed by atoms with Gasteiger partial charge in [-0.05, 0) is 0 Å². The molecule has 1 heterocycles. The first kappa shape index (κ1) is 8.80. The lowest BCUT2D eigenvalue weighted by Gasteiger charge is -2.13. The Morgan fingerprint density at radius 2 is 2.64 bits per heavy atom. The molecule has 3 nitrogen and oxygen atoms in total. The number of halogens is 1. The van der Waals surface area contributed by atoms with Crippen LogP contribution in [0.2, 0.25) is 0 Å². The van der Waals surface area contributed by atoms with Gasteiger partial charge in [-0.3, -0.25) is 4.79 Å². The zero-order valence-electron chi connectivity index (χ0n) is 6.34. The largest absolute Gasteiger partial charge is 0.302 e. The van der Waals surface area contributed by atoms with Crippen LogP contribution in [0.5, 0.6) is 0 Å². The fraction of sp³-hybridized carbons (Fsp3) is 0.833. The number of hydrogen-bond donors (Lipinski definition) is 1. The van der Waals surface area contributed by atoms with E-state index in [1.54, 1.807) is 11.8 Å². The first-order valence-corrected chi connectivity index (χ1v) is 4.60. The highest BCUT2D eigenvalue weighted by atomic mass is 32.2. The Hall–Kier alpha value is -0.290. The van der Waals surface area contributed by atoms with Gasteiger partial charge >= 0.3 is 0 Å². The highest BCUT2D eigenvalue weighted by Gasteiger charge is 2.19. The molecular weight excluding hydrogens is 167 g/mol. The van der Waals surface area contributed by atoms with Crippen molar-refractivity contribution in [2.45, 2.75) is 13.0 Å². The third-order valence-electron chi connectivity index (χ3n) is 1.52. The molecule has 64 valence electrons. The fourth-order valence-corrected chi connectivity index (χ4v) is 1.86. The molecule has 1 N–H and O–H groups in total. The quantitative estimate of drug-likeness (QED) is 0.620. The van der Waals surface area contributed by atoms with Crippen molar-refractivity contribution >= 4 is 17.7 Å². The van der Waals surface area contributed by atoms with Gasteiger partial charge in [-0.15, -0.1) is 11.8 Å². The molecule has 0 aromatic heterocycles. The van der Waals surface area contributed by atoms with Crippen LogP contribution in [0.4, 0.5) is 4.48 Å². The monoisotopic (exact) mass is 178 g/mol. The molecule has 0 saturated carbocycles. The predicted octanol–water partition coefficient (Wildman–Crippen LogP) is 0.382. The average molecular weight is 178 g/mol. The maximum absolute atomic E-state index is 12.6. The van der Waals surface area contributed by atoms with E-state index in [0.717, 1.165) is 11.6 Å². The van der Waals surface area contributed by atoms with Gasteiger partial charge in [0.15, 0.2) is 0 Å². The van der Waals surface area contributed by atoms with Crippen molar-refractivity contribution in [1.29, 1.82) is 0 Å². The lowest BCUT2D eigenvalue weighted by Crippen LogP contribution is -2.36. The van der Waals surface area contributed by atoms with Crippen LogP contribution in [0, 0.1) is 0 Å². The van der Waals surface area contributed by atoms with Crippen LogP contribution < -0.4 is 5.32 Å². The predicted molar refractivity (Wildman–Crippen MR) is 42.7 cm³/mol. The van der Waals surface area contributed by atoms with Gasteiger partial charge < -0.3 is 5.32 Å². The second kappa shape index (κ2) is 3.92. The highest BCUT2D eigenvalue weighted by molar-refractivity contribution is 7.99. The summed E-state index contributed by atoms with van der Waals surface area (Å²) in [6, 6.07) is 0.119. The molecular formula is C6H11FN2OS. The van der Waals surface area contributed by atoms with Gasteiger partial charge in [-0.2, -0.15) is 5.12 Å². The number of nitrogens with one attached hydrogen (secondary N) is 1. The molecule has 0 spiro atoms. The van der Waals surface area contributed by atoms with Crippen molar-refractivity contribution in [3.63, 3.8) is 0 Å². The van der Waals surface area contributed by atoms with Crippen molar-refractivity contribution in [2.24, 2.45) is 0 Å². The molecule has 1 aliphatic heterocycles. The van der Waals surface area contributed by atoms with E-state index < -0.39 is 5.91 Å². The Morgan fingerprint density at radius 3 is 3.09 bits per heavy atom. The number of rotatable bonds is 2. The van der Waals surface area contributed by atoms with Crippen molar-refractivity contribution in [1.82, 2.24) is 10.4 Å². The molecule has 0 radical (unpaired) electrons. The number of hydrogen-bond acceptors (Lipinski definition) is 3. The van der Waals surface area contributed by atoms with Gasteiger partial charge in [0.05, 0.1) is 6.54 Å². The number of carbonyl (C=O) groups excluding carboxylic acids is 1. The van der Waals surface area contributed by atoms with Gasteiger partial charge in [0, 0.05) is 24.6 Å². The van der Waals surface area contributed by atoms with E-state index in [1.165, 1.54) is 6.92 Å². The van der Waals surface area contributed by atoms with Gasteiger partial charge in [0.25, 0.3) is 0 Å². The number of amides is 1. The third-order valence-corrected chi connectivity index (χ3v) is 2.52. The molecule has 5 heteroatoms. The summed E-state index contributed by atoms with van der Waals surface area (Å²) in [6.45, 7) is 1.39. The van der Waals surface area contributed by atoms with E-state index >= 15 is 0 Å². The molecule has 1 fully saturated rings. The zero-order chi connectivity index (χ0) is 8.27. The molecule has 0 aromatic rings. The molecule has 0 bridgehead atoms. The number of carbonyl (C=O) groups is 1. The minimum absolute atomic E-state index is 0.119. The summed E-state index contributed by atoms with van der Waals surface area (Å²) in [5, 5.41) is 3.32. The first-order chi connectivity index (χ1) is 5.20. The summed E-state index contributed by atoms with van der Waals surface area (Å²) in [5.41, 5.74) is 0. The average Bonchev–Trinajstić information content (AvgIpc) is 2.39. The first-order valence-electron chi connectivity index (χ1n) is 3.45. The van der Waals surface area contributed by atoms with E-state index in [2.05, 4.69) is 5.32 Å². The second-order valence-electron chi connectivity index (χ2n) is 2.48. The zero-order valence-corrected chi connectivity index (χ0v) is 7.16. The Labute approximate surface area is 69.3 Å². The van der Waals surface area contributed by atoms with Crippen LogP contribution in [0.3, 0.4) is 0 Å². The molecule has 1 unspecified atom stereocenters. The van der Waals surface area contributed by atoms with E-state index in [-0.39, 0.29) is 17.7 Å². The standard InChI is InChI=1S/C6H11FN2OS/c1-5(10)9(7)2-6-3-11-4-8-6/h6,8H,2-4H2,1H3. The summed E-state index contributed by atoms with van der Waals surface area (Å²) in [6.07, 6.45) is 0. The second-order valence-corrected chi connectivity index (χ2v) is 3.51. The van der Waals surface area contributed by atoms with Crippen LogP contribution in [0.1, 0.15) is 6.92 Å². The lowest BCUT2D eigenvalue weighted by molar-refractivity contribution is -0.144. The molecule has 0 aromatic carbocycles. The maximum atomic E-state index is 12.6. The number of thioether (sulfide) groups is 1. The van der Waals surface area contributed by atoms with Crippen LogP contribution in [0.15, 0.2) is 0 Å². The van der Waals surface area contributed by atoms with Gasteiger partial charge in [-0.1, -0.05) is 4.48 Å². The van der Waals surface area contributed by atoms with Crippen LogP contribution in [0.25, 0.3) is 0 Å². The minimum atomic E-state index is -0.524. The molecule has 1 saturated heterocycles. The third kappa shape index (κ3) is 2.67. The summed E-state index contributed by atoms with van der Waals surface area (Å²) in [5.74, 6) is 1.22. The normalized spacial score (nSPS) is 23.6. The van der Waals surface area contributed by atoms with Crippen molar-refractivity contribution in [3.05, 3.63) is 0 Å². The summed E-state index contributed by atoms with van der Waals surface area (Å²) in [4.78, 5) is 10.4. The fourth-order valence-electron chi connectivity index (χ4n) is 0.876. The van der Waals surface area contributed by atoms with Gasteiger partial charge in [0.1, 0.15) is 0 Å². The number of nitrogens with zero attached hydrogens (tertiary/aromatic N) is 1. The Kier molecular flexibility index (Phi) is 3.14. The highest BCUT2D eigenvalue weighted by Crippen LogP contribution is 2.10. The van der Waals surface area contributed by atoms with Crippen LogP contribution >= 0.6 is 11.8 Å². The smallest absolute Gasteiger partial charge is 0.247 e. The van der Waals surface area contributed by atoms with E-state index in [9.17, 15) is 9.28 Å². The van der Waals surface area contributed by atoms with Crippen molar-refractivity contribution in [2.75, 3.05) is 18.2 Å². The van der Waals surface area contributed by atoms with Crippen LogP contribution in [-0.4, -0.2) is 35.2 Å². The molecule has 11 heavy (non-hydrogen) atoms. The molecule has 1 aliphatic rings. The van der Waals surface area contributed by atoms with E-state index in [1.807, 2.05) is 0 Å².